The highest BCUT2D eigenvalue weighted by atomic mass is 16.4. The van der Waals surface area contributed by atoms with Crippen molar-refractivity contribution < 1.29 is 9.90 Å². The second-order valence-corrected chi connectivity index (χ2v) is 5.22. The molecule has 0 aliphatic carbocycles. The van der Waals surface area contributed by atoms with Gasteiger partial charge in [0.1, 0.15) is 0 Å². The summed E-state index contributed by atoms with van der Waals surface area (Å²) in [6, 6.07) is 0.333. The van der Waals surface area contributed by atoms with Crippen molar-refractivity contribution in [2.24, 2.45) is 5.73 Å². The van der Waals surface area contributed by atoms with Gasteiger partial charge in [0.2, 0.25) is 0 Å². The molecule has 18 heavy (non-hydrogen) atoms. The lowest BCUT2D eigenvalue weighted by Gasteiger charge is -2.00. The smallest absolute Gasteiger partial charge is 0.303 e. The van der Waals surface area contributed by atoms with Crippen molar-refractivity contribution in [1.29, 1.82) is 0 Å². The summed E-state index contributed by atoms with van der Waals surface area (Å²) in [7, 11) is 0. The fraction of sp³-hybridized carbons (Fsp3) is 0.933. The number of nitrogens with two attached hydrogens (primary N) is 1. The number of aliphatic carboxylic acids is 1. The van der Waals surface area contributed by atoms with Crippen LogP contribution in [0.15, 0.2) is 0 Å². The van der Waals surface area contributed by atoms with Gasteiger partial charge in [-0.25, -0.2) is 0 Å². The minimum absolute atomic E-state index is 0.333. The number of unbranched alkanes of at least 4 members (excludes halogenated alkanes) is 8. The van der Waals surface area contributed by atoms with E-state index in [1.165, 1.54) is 44.9 Å². The largest absolute Gasteiger partial charge is 0.481 e. The monoisotopic (exact) mass is 259 g/mol. The molecule has 0 aromatic carbocycles. The highest BCUT2D eigenvalue weighted by molar-refractivity contribution is 5.66. The third-order valence-corrected chi connectivity index (χ3v) is 2.49. The molecule has 0 radical (unpaired) electrons. The molecule has 3 nitrogen and oxygen atoms in total. The maximum absolute atomic E-state index is 10.2. The fourth-order valence-electron chi connectivity index (χ4n) is 1.59. The summed E-state index contributed by atoms with van der Waals surface area (Å²) in [4.78, 5) is 10.2. The molecule has 0 aromatic heterocycles. The lowest BCUT2D eigenvalue weighted by atomic mass is 10.1. The van der Waals surface area contributed by atoms with E-state index in [0.717, 1.165) is 12.8 Å². The van der Waals surface area contributed by atoms with E-state index in [-0.39, 0.29) is 0 Å². The van der Waals surface area contributed by atoms with E-state index in [9.17, 15) is 4.79 Å². The topological polar surface area (TPSA) is 63.3 Å². The van der Waals surface area contributed by atoms with Crippen LogP contribution in [0.2, 0.25) is 0 Å². The molecule has 0 aliphatic heterocycles. The Morgan fingerprint density at radius 3 is 1.61 bits per heavy atom. The molecule has 3 N–H and O–H groups in total. The van der Waals surface area contributed by atoms with Gasteiger partial charge in [-0.05, 0) is 12.5 Å². The van der Waals surface area contributed by atoms with E-state index in [1.54, 1.807) is 0 Å². The van der Waals surface area contributed by atoms with Gasteiger partial charge in [0.05, 0.1) is 0 Å². The molecule has 0 spiro atoms. The van der Waals surface area contributed by atoms with Crippen molar-refractivity contribution in [2.75, 3.05) is 0 Å². The predicted octanol–water partition coefficient (Wildman–Crippen LogP) is 4.35. The number of carbonyl (C=O) groups is 1. The quantitative estimate of drug-likeness (QED) is 0.573. The van der Waals surface area contributed by atoms with E-state index in [2.05, 4.69) is 6.92 Å². The molecule has 0 bridgehead atoms. The molecule has 110 valence electrons. The van der Waals surface area contributed by atoms with Crippen LogP contribution in [-0.4, -0.2) is 17.1 Å². The average Bonchev–Trinajstić information content (AvgIpc) is 2.26. The fourth-order valence-corrected chi connectivity index (χ4v) is 1.59. The Balaban J connectivity index is 0. The van der Waals surface area contributed by atoms with Gasteiger partial charge in [-0.3, -0.25) is 4.79 Å². The molecule has 0 atom stereocenters. The van der Waals surface area contributed by atoms with Gasteiger partial charge in [0, 0.05) is 6.42 Å². The Morgan fingerprint density at radius 1 is 0.944 bits per heavy atom. The first-order chi connectivity index (χ1) is 8.50. The highest BCUT2D eigenvalue weighted by Crippen LogP contribution is 2.10. The van der Waals surface area contributed by atoms with Crippen LogP contribution >= 0.6 is 0 Å². The molecule has 0 saturated heterocycles. The SMILES string of the molecule is CC(C)N.CCCCCCCCCCCC(=O)O. The highest BCUT2D eigenvalue weighted by Gasteiger charge is 1.96. The van der Waals surface area contributed by atoms with Gasteiger partial charge in [0.25, 0.3) is 0 Å². The number of carboxylic acid groups (broad SMARTS) is 1. The van der Waals surface area contributed by atoms with Crippen LogP contribution in [0.5, 0.6) is 0 Å². The predicted molar refractivity (Wildman–Crippen MR) is 78.8 cm³/mol. The summed E-state index contributed by atoms with van der Waals surface area (Å²) in [5, 5.41) is 8.41. The van der Waals surface area contributed by atoms with Gasteiger partial charge < -0.3 is 10.8 Å². The molecule has 0 aliphatic rings. The maximum Gasteiger partial charge on any atom is 0.303 e. The van der Waals surface area contributed by atoms with Crippen molar-refractivity contribution >= 4 is 5.97 Å². The van der Waals surface area contributed by atoms with Crippen molar-refractivity contribution in [2.45, 2.75) is 91.0 Å². The molecule has 0 unspecified atom stereocenters. The zero-order chi connectivity index (χ0) is 14.2. The standard InChI is InChI=1S/C12H24O2.C3H9N/c1-2-3-4-5-6-7-8-9-10-11-12(13)14;1-3(2)4/h2-11H2,1H3,(H,13,14);3H,4H2,1-2H3. The minimum Gasteiger partial charge on any atom is -0.481 e. The lowest BCUT2D eigenvalue weighted by Crippen LogP contribution is -2.06. The molecule has 0 heterocycles. The van der Waals surface area contributed by atoms with E-state index in [1.807, 2.05) is 13.8 Å². The second-order valence-electron chi connectivity index (χ2n) is 5.22. The molecular weight excluding hydrogens is 226 g/mol. The Hall–Kier alpha value is -0.570. The summed E-state index contributed by atoms with van der Waals surface area (Å²) >= 11 is 0. The van der Waals surface area contributed by atoms with E-state index in [0.29, 0.717) is 12.5 Å². The lowest BCUT2D eigenvalue weighted by molar-refractivity contribution is -0.137. The molecule has 0 fully saturated rings. The summed E-state index contributed by atoms with van der Waals surface area (Å²) < 4.78 is 0. The normalized spacial score (nSPS) is 10.1. The molecule has 0 saturated carbocycles. The first-order valence-electron chi connectivity index (χ1n) is 7.48. The summed E-state index contributed by atoms with van der Waals surface area (Å²) in [5.41, 5.74) is 5.11. The first-order valence-corrected chi connectivity index (χ1v) is 7.48. The maximum atomic E-state index is 10.2. The van der Waals surface area contributed by atoms with Crippen LogP contribution in [0, 0.1) is 0 Å². The van der Waals surface area contributed by atoms with Crippen LogP contribution in [0.25, 0.3) is 0 Å². The third-order valence-electron chi connectivity index (χ3n) is 2.49. The van der Waals surface area contributed by atoms with Gasteiger partial charge in [-0.2, -0.15) is 0 Å². The van der Waals surface area contributed by atoms with Crippen LogP contribution < -0.4 is 5.73 Å². The number of hydrogen-bond acceptors (Lipinski definition) is 2. The van der Waals surface area contributed by atoms with E-state index >= 15 is 0 Å². The van der Waals surface area contributed by atoms with Crippen LogP contribution in [0.1, 0.15) is 85.0 Å². The Bertz CT molecular complexity index is 167. The molecule has 0 rings (SSSR count). The second kappa shape index (κ2) is 16.4. The number of hydrogen-bond donors (Lipinski definition) is 2. The zero-order valence-corrected chi connectivity index (χ0v) is 12.6. The summed E-state index contributed by atoms with van der Waals surface area (Å²) in [6.45, 7) is 6.12. The van der Waals surface area contributed by atoms with Gasteiger partial charge in [-0.1, -0.05) is 72.1 Å². The Kier molecular flexibility index (Phi) is 18.0. The molecular formula is C15H33NO2. The van der Waals surface area contributed by atoms with Gasteiger partial charge in [-0.15, -0.1) is 0 Å². The van der Waals surface area contributed by atoms with Crippen LogP contribution in [0.3, 0.4) is 0 Å². The Morgan fingerprint density at radius 2 is 1.28 bits per heavy atom. The summed E-state index contributed by atoms with van der Waals surface area (Å²) in [5.74, 6) is -0.659. The van der Waals surface area contributed by atoms with Gasteiger partial charge in [0.15, 0.2) is 0 Å². The Labute approximate surface area is 113 Å². The average molecular weight is 259 g/mol. The minimum atomic E-state index is -0.659. The molecule has 3 heteroatoms. The molecule has 0 amide bonds. The van der Waals surface area contributed by atoms with Crippen molar-refractivity contribution in [1.82, 2.24) is 0 Å². The van der Waals surface area contributed by atoms with Crippen molar-refractivity contribution in [3.05, 3.63) is 0 Å². The van der Waals surface area contributed by atoms with E-state index in [4.69, 9.17) is 10.8 Å². The van der Waals surface area contributed by atoms with Crippen LogP contribution in [0.4, 0.5) is 0 Å². The number of carboxylic acids is 1. The van der Waals surface area contributed by atoms with E-state index < -0.39 is 5.97 Å². The number of rotatable bonds is 10. The van der Waals surface area contributed by atoms with Crippen LogP contribution in [-0.2, 0) is 4.79 Å². The van der Waals surface area contributed by atoms with Crippen molar-refractivity contribution in [3.63, 3.8) is 0 Å². The molecule has 0 aromatic rings. The van der Waals surface area contributed by atoms with Crippen molar-refractivity contribution in [3.8, 4) is 0 Å². The zero-order valence-electron chi connectivity index (χ0n) is 12.6. The van der Waals surface area contributed by atoms with Gasteiger partial charge >= 0.3 is 5.97 Å². The first kappa shape index (κ1) is 19.8. The third kappa shape index (κ3) is 29.5. The summed E-state index contributed by atoms with van der Waals surface area (Å²) in [6.07, 6.45) is 11.5.